The van der Waals surface area contributed by atoms with Gasteiger partial charge in [-0.15, -0.1) is 0 Å². The van der Waals surface area contributed by atoms with Crippen LogP contribution < -0.4 is 9.46 Å². The van der Waals surface area contributed by atoms with Crippen LogP contribution in [0.25, 0.3) is 0 Å². The number of methoxy groups -OCH3 is 1. The second-order valence-electron chi connectivity index (χ2n) is 5.95. The van der Waals surface area contributed by atoms with E-state index < -0.39 is 15.8 Å². The quantitative estimate of drug-likeness (QED) is 0.896. The van der Waals surface area contributed by atoms with Gasteiger partial charge in [-0.3, -0.25) is 0 Å². The second kappa shape index (κ2) is 6.52. The lowest BCUT2D eigenvalue weighted by Crippen LogP contribution is -2.35. The van der Waals surface area contributed by atoms with Gasteiger partial charge in [0.15, 0.2) is 11.6 Å². The first-order valence-corrected chi connectivity index (χ1v) is 8.76. The van der Waals surface area contributed by atoms with Gasteiger partial charge in [0.1, 0.15) is 0 Å². The Morgan fingerprint density at radius 1 is 1.32 bits per heavy atom. The van der Waals surface area contributed by atoms with Crippen LogP contribution in [0.15, 0.2) is 17.0 Å². The van der Waals surface area contributed by atoms with Gasteiger partial charge in [-0.05, 0) is 52.4 Å². The predicted molar refractivity (Wildman–Crippen MR) is 83.1 cm³/mol. The predicted octanol–water partition coefficient (Wildman–Crippen LogP) is 1.90. The Balaban J connectivity index is 2.20. The lowest BCUT2D eigenvalue weighted by Gasteiger charge is -2.19. The molecule has 0 heterocycles. The van der Waals surface area contributed by atoms with Gasteiger partial charge < -0.3 is 9.64 Å². The SMILES string of the molecule is COc1ccc(S(=O)(=O)N[C@H]2CC[C@H](N(C)C)C2)c(C)c1F. The van der Waals surface area contributed by atoms with E-state index in [1.807, 2.05) is 14.1 Å². The van der Waals surface area contributed by atoms with E-state index in [4.69, 9.17) is 4.74 Å². The number of hydrogen-bond donors (Lipinski definition) is 1. The van der Waals surface area contributed by atoms with Crippen LogP contribution in [0, 0.1) is 12.7 Å². The molecule has 1 aliphatic carbocycles. The number of sulfonamides is 1. The molecular weight excluding hydrogens is 307 g/mol. The van der Waals surface area contributed by atoms with Crippen LogP contribution in [0.3, 0.4) is 0 Å². The van der Waals surface area contributed by atoms with Crippen LogP contribution in [0.2, 0.25) is 0 Å². The van der Waals surface area contributed by atoms with E-state index in [-0.39, 0.29) is 22.3 Å². The molecule has 2 atom stereocenters. The third-order valence-electron chi connectivity index (χ3n) is 4.27. The summed E-state index contributed by atoms with van der Waals surface area (Å²) in [4.78, 5) is 2.08. The Labute approximate surface area is 131 Å². The van der Waals surface area contributed by atoms with Crippen LogP contribution in [-0.2, 0) is 10.0 Å². The molecule has 1 aromatic rings. The van der Waals surface area contributed by atoms with Crippen molar-refractivity contribution in [3.8, 4) is 5.75 Å². The van der Waals surface area contributed by atoms with E-state index in [1.54, 1.807) is 0 Å². The Bertz CT molecular complexity index is 646. The lowest BCUT2D eigenvalue weighted by molar-refractivity contribution is 0.295. The van der Waals surface area contributed by atoms with Gasteiger partial charge in [-0.2, -0.15) is 0 Å². The maximum absolute atomic E-state index is 14.1. The number of nitrogens with zero attached hydrogens (tertiary/aromatic N) is 1. The number of nitrogens with one attached hydrogen (secondary N) is 1. The minimum atomic E-state index is -3.74. The van der Waals surface area contributed by atoms with Crippen molar-refractivity contribution in [2.24, 2.45) is 0 Å². The van der Waals surface area contributed by atoms with Gasteiger partial charge in [0, 0.05) is 17.6 Å². The molecule has 5 nitrogen and oxygen atoms in total. The molecule has 1 fully saturated rings. The molecule has 124 valence electrons. The molecular formula is C15H23FN2O3S. The van der Waals surface area contributed by atoms with Crippen molar-refractivity contribution >= 4 is 10.0 Å². The average Bonchev–Trinajstić information content (AvgIpc) is 2.89. The summed E-state index contributed by atoms with van der Waals surface area (Å²) in [5.41, 5.74) is 0.0778. The van der Waals surface area contributed by atoms with Gasteiger partial charge in [-0.1, -0.05) is 0 Å². The van der Waals surface area contributed by atoms with Crippen molar-refractivity contribution in [3.63, 3.8) is 0 Å². The number of rotatable bonds is 5. The zero-order chi connectivity index (χ0) is 16.5. The third-order valence-corrected chi connectivity index (χ3v) is 5.93. The summed E-state index contributed by atoms with van der Waals surface area (Å²) in [6.07, 6.45) is 2.51. The molecule has 0 saturated heterocycles. The van der Waals surface area contributed by atoms with Gasteiger partial charge in [0.05, 0.1) is 12.0 Å². The van der Waals surface area contributed by atoms with Crippen molar-refractivity contribution < 1.29 is 17.5 Å². The van der Waals surface area contributed by atoms with Gasteiger partial charge in [-0.25, -0.2) is 17.5 Å². The number of hydrogen-bond acceptors (Lipinski definition) is 4. The largest absolute Gasteiger partial charge is 0.494 e. The highest BCUT2D eigenvalue weighted by molar-refractivity contribution is 7.89. The van der Waals surface area contributed by atoms with Crippen molar-refractivity contribution in [2.75, 3.05) is 21.2 Å². The zero-order valence-corrected chi connectivity index (χ0v) is 14.2. The molecule has 2 rings (SSSR count). The smallest absolute Gasteiger partial charge is 0.241 e. The van der Waals surface area contributed by atoms with Gasteiger partial charge in [0.2, 0.25) is 10.0 Å². The van der Waals surface area contributed by atoms with Crippen molar-refractivity contribution in [1.82, 2.24) is 9.62 Å². The molecule has 0 amide bonds. The van der Waals surface area contributed by atoms with E-state index in [0.29, 0.717) is 6.04 Å². The molecule has 1 aliphatic rings. The molecule has 1 aromatic carbocycles. The van der Waals surface area contributed by atoms with Gasteiger partial charge in [0.25, 0.3) is 0 Å². The van der Waals surface area contributed by atoms with E-state index in [0.717, 1.165) is 19.3 Å². The Morgan fingerprint density at radius 3 is 2.55 bits per heavy atom. The molecule has 0 aliphatic heterocycles. The number of ether oxygens (including phenoxy) is 1. The number of benzene rings is 1. The Hall–Kier alpha value is -1.18. The van der Waals surface area contributed by atoms with Crippen LogP contribution in [0.1, 0.15) is 24.8 Å². The summed E-state index contributed by atoms with van der Waals surface area (Å²) in [5.74, 6) is -0.590. The standard InChI is InChI=1S/C15H23FN2O3S/c1-10-14(8-7-13(21-4)15(10)16)22(19,20)17-11-5-6-12(9-11)18(2)3/h7-8,11-12,17H,5-6,9H2,1-4H3/t11-,12-/m0/s1. The average molecular weight is 330 g/mol. The molecule has 0 bridgehead atoms. The van der Waals surface area contributed by atoms with E-state index >= 15 is 0 Å². The highest BCUT2D eigenvalue weighted by atomic mass is 32.2. The van der Waals surface area contributed by atoms with E-state index in [1.165, 1.54) is 26.2 Å². The molecule has 1 saturated carbocycles. The normalized spacial score (nSPS) is 22.3. The summed E-state index contributed by atoms with van der Waals surface area (Å²) in [6.45, 7) is 1.45. The van der Waals surface area contributed by atoms with Crippen LogP contribution in [-0.4, -0.2) is 46.6 Å². The first-order valence-electron chi connectivity index (χ1n) is 7.28. The topological polar surface area (TPSA) is 58.6 Å². The van der Waals surface area contributed by atoms with Crippen molar-refractivity contribution in [2.45, 2.75) is 43.2 Å². The highest BCUT2D eigenvalue weighted by Gasteiger charge is 2.31. The van der Waals surface area contributed by atoms with Crippen LogP contribution >= 0.6 is 0 Å². The summed E-state index contributed by atoms with van der Waals surface area (Å²) in [6, 6.07) is 3.00. The molecule has 0 aromatic heterocycles. The fourth-order valence-corrected chi connectivity index (χ4v) is 4.43. The molecule has 0 spiro atoms. The van der Waals surface area contributed by atoms with E-state index in [2.05, 4.69) is 9.62 Å². The third kappa shape index (κ3) is 3.42. The molecule has 1 N–H and O–H groups in total. The summed E-state index contributed by atoms with van der Waals surface area (Å²) in [7, 11) is 1.60. The summed E-state index contributed by atoms with van der Waals surface area (Å²) in [5, 5.41) is 0. The monoisotopic (exact) mass is 330 g/mol. The van der Waals surface area contributed by atoms with Crippen molar-refractivity contribution in [1.29, 1.82) is 0 Å². The maximum atomic E-state index is 14.1. The molecule has 0 unspecified atom stereocenters. The maximum Gasteiger partial charge on any atom is 0.241 e. The van der Waals surface area contributed by atoms with Crippen LogP contribution in [0.4, 0.5) is 4.39 Å². The Morgan fingerprint density at radius 2 is 2.00 bits per heavy atom. The highest BCUT2D eigenvalue weighted by Crippen LogP contribution is 2.28. The first kappa shape index (κ1) is 17.2. The Kier molecular flexibility index (Phi) is 5.09. The van der Waals surface area contributed by atoms with Gasteiger partial charge >= 0.3 is 0 Å². The van der Waals surface area contributed by atoms with Crippen molar-refractivity contribution in [3.05, 3.63) is 23.5 Å². The lowest BCUT2D eigenvalue weighted by atomic mass is 10.2. The fourth-order valence-electron chi connectivity index (χ4n) is 2.91. The summed E-state index contributed by atoms with van der Waals surface area (Å²) >= 11 is 0. The molecule has 0 radical (unpaired) electrons. The first-order chi connectivity index (χ1) is 10.3. The number of halogens is 1. The summed E-state index contributed by atoms with van der Waals surface area (Å²) < 4.78 is 46.6. The molecule has 22 heavy (non-hydrogen) atoms. The fraction of sp³-hybridized carbons (Fsp3) is 0.600. The minimum Gasteiger partial charge on any atom is -0.494 e. The van der Waals surface area contributed by atoms with Crippen LogP contribution in [0.5, 0.6) is 5.75 Å². The second-order valence-corrected chi connectivity index (χ2v) is 7.64. The van der Waals surface area contributed by atoms with E-state index in [9.17, 15) is 12.8 Å². The molecule has 7 heteroatoms. The minimum absolute atomic E-state index is 0.0286. The zero-order valence-electron chi connectivity index (χ0n) is 13.4.